The first-order valence-electron chi connectivity index (χ1n) is 17.9. The zero-order chi connectivity index (χ0) is 42.0. The van der Waals surface area contributed by atoms with E-state index in [2.05, 4.69) is 41.2 Å². The third-order valence-electron chi connectivity index (χ3n) is 8.10. The zero-order valence-electron chi connectivity index (χ0n) is 33.7. The third-order valence-corrected chi connectivity index (χ3v) is 8.34. The summed E-state index contributed by atoms with van der Waals surface area (Å²) in [6, 6.07) is 21.4. The summed E-state index contributed by atoms with van der Waals surface area (Å²) in [7, 11) is 0. The number of nitrogens with zero attached hydrogens (tertiary/aromatic N) is 8. The molecule has 0 saturated heterocycles. The van der Waals surface area contributed by atoms with Crippen molar-refractivity contribution in [1.29, 1.82) is 10.5 Å². The summed E-state index contributed by atoms with van der Waals surface area (Å²) < 4.78 is 21.5. The summed E-state index contributed by atoms with van der Waals surface area (Å²) in [5.74, 6) is 0.566. The van der Waals surface area contributed by atoms with Crippen molar-refractivity contribution in [2.24, 2.45) is 0 Å². The highest BCUT2D eigenvalue weighted by Crippen LogP contribution is 2.32. The minimum absolute atomic E-state index is 0.125. The van der Waals surface area contributed by atoms with E-state index >= 15 is 0 Å². The van der Waals surface area contributed by atoms with Crippen LogP contribution in [0.15, 0.2) is 60.7 Å². The van der Waals surface area contributed by atoms with E-state index in [1.165, 1.54) is 21.7 Å². The van der Waals surface area contributed by atoms with Crippen molar-refractivity contribution >= 4 is 46.0 Å². The minimum atomic E-state index is -0.836. The van der Waals surface area contributed by atoms with E-state index in [1.54, 1.807) is 71.9 Å². The van der Waals surface area contributed by atoms with Crippen LogP contribution in [0.5, 0.6) is 11.5 Å². The average Bonchev–Trinajstić information content (AvgIpc) is 3.70. The molecular formula is C42H43ClN8O6. The van der Waals surface area contributed by atoms with E-state index in [1.807, 2.05) is 44.2 Å². The first-order chi connectivity index (χ1) is 26.5. The van der Waals surface area contributed by atoms with Gasteiger partial charge in [0.25, 0.3) is 0 Å². The highest BCUT2D eigenvalue weighted by molar-refractivity contribution is 6.31. The van der Waals surface area contributed by atoms with Gasteiger partial charge in [0.15, 0.2) is 11.5 Å². The van der Waals surface area contributed by atoms with Gasteiger partial charge in [-0.2, -0.15) is 10.5 Å². The number of rotatable bonds is 4. The number of halogens is 1. The maximum Gasteiger partial charge on any atom is 0.514 e. The molecule has 14 nitrogen and oxygen atoms in total. The number of ether oxygens (including phenoxy) is 4. The SMILES string of the molecule is CC(C)(C)OC(=O)Oc1cc(C(C)(C)C)ccc1-n1nc2ccc(Cl)cc2n1.Cc1cc(OC(=O)OC(C)(C)C)c(-n2nc3cc(C#N)c(C#N)cc3n2)cc1C. The Hall–Kier alpha value is -6.51. The number of nitriles is 2. The Morgan fingerprint density at radius 2 is 1.05 bits per heavy atom. The maximum absolute atomic E-state index is 12.3. The van der Waals surface area contributed by atoms with Gasteiger partial charge in [0.2, 0.25) is 0 Å². The second kappa shape index (κ2) is 15.9. The standard InChI is InChI=1S/C21H24ClN3O3.C21H19N5O3/c1-20(2,3)13-7-10-17(18(11-13)27-19(26)28-21(4,5)6)25-23-15-9-8-14(22)12-16(15)24-25;1-12-6-18(19(7-13(12)2)28-20(27)29-21(3,4)5)26-24-16-8-14(10-22)15(11-23)9-17(16)25-26/h7-12H,1-6H3;6-9H,1-5H3. The first kappa shape index (κ1) is 41.6. The summed E-state index contributed by atoms with van der Waals surface area (Å²) in [5.41, 5.74) is 5.04. The fraction of sp³-hybridized carbons (Fsp3) is 0.333. The van der Waals surface area contributed by atoms with E-state index in [0.717, 1.165) is 16.7 Å². The number of aryl methyl sites for hydroxylation is 2. The van der Waals surface area contributed by atoms with E-state index in [-0.39, 0.29) is 22.3 Å². The molecule has 294 valence electrons. The van der Waals surface area contributed by atoms with Crippen LogP contribution in [0.2, 0.25) is 5.02 Å². The number of benzene rings is 4. The van der Waals surface area contributed by atoms with Gasteiger partial charge in [0.1, 0.15) is 56.8 Å². The maximum atomic E-state index is 12.3. The van der Waals surface area contributed by atoms with E-state index < -0.39 is 23.5 Å². The molecule has 15 heteroatoms. The van der Waals surface area contributed by atoms with Crippen molar-refractivity contribution < 1.29 is 28.5 Å². The molecule has 0 amide bonds. The van der Waals surface area contributed by atoms with E-state index in [9.17, 15) is 20.1 Å². The van der Waals surface area contributed by atoms with Gasteiger partial charge in [-0.05, 0) is 132 Å². The third kappa shape index (κ3) is 10.4. The van der Waals surface area contributed by atoms with Crippen LogP contribution in [0.25, 0.3) is 33.4 Å². The molecule has 0 aliphatic carbocycles. The molecule has 6 rings (SSSR count). The second-order valence-corrected chi connectivity index (χ2v) is 16.6. The molecule has 2 heterocycles. The Kier molecular flexibility index (Phi) is 11.6. The molecule has 0 atom stereocenters. The first-order valence-corrected chi connectivity index (χ1v) is 18.2. The molecular weight excluding hydrogens is 748 g/mol. The van der Waals surface area contributed by atoms with E-state index in [4.69, 9.17) is 30.5 Å². The molecule has 6 aromatic rings. The lowest BCUT2D eigenvalue weighted by Crippen LogP contribution is -2.26. The second-order valence-electron chi connectivity index (χ2n) is 16.2. The van der Waals surface area contributed by atoms with Gasteiger partial charge >= 0.3 is 12.3 Å². The smallest absolute Gasteiger partial charge is 0.428 e. The van der Waals surface area contributed by atoms with Crippen molar-refractivity contribution in [3.8, 4) is 35.0 Å². The fourth-order valence-electron chi connectivity index (χ4n) is 5.21. The normalized spacial score (nSPS) is 11.6. The molecule has 0 radical (unpaired) electrons. The van der Waals surface area contributed by atoms with Crippen LogP contribution in [0, 0.1) is 36.5 Å². The summed E-state index contributed by atoms with van der Waals surface area (Å²) in [6.45, 7) is 20.7. The van der Waals surface area contributed by atoms with Crippen LogP contribution < -0.4 is 9.47 Å². The molecule has 2 aromatic heterocycles. The molecule has 0 N–H and O–H groups in total. The number of fused-ring (bicyclic) bond motifs is 2. The van der Waals surface area contributed by atoms with Gasteiger partial charge in [-0.15, -0.1) is 30.0 Å². The molecule has 0 aliphatic rings. The lowest BCUT2D eigenvalue weighted by Gasteiger charge is -2.22. The van der Waals surface area contributed by atoms with Crippen LogP contribution in [-0.2, 0) is 14.9 Å². The molecule has 0 bridgehead atoms. The molecule has 0 unspecified atom stereocenters. The average molecular weight is 791 g/mol. The van der Waals surface area contributed by atoms with Gasteiger partial charge in [-0.1, -0.05) is 38.4 Å². The lowest BCUT2D eigenvalue weighted by atomic mass is 9.87. The zero-order valence-corrected chi connectivity index (χ0v) is 34.4. The lowest BCUT2D eigenvalue weighted by molar-refractivity contribution is 0.0192. The van der Waals surface area contributed by atoms with Crippen LogP contribution in [0.4, 0.5) is 9.59 Å². The van der Waals surface area contributed by atoms with Gasteiger partial charge in [0.05, 0.1) is 11.1 Å². The summed E-state index contributed by atoms with van der Waals surface area (Å²) in [4.78, 5) is 27.2. The number of aromatic nitrogens is 6. The van der Waals surface area contributed by atoms with Crippen LogP contribution >= 0.6 is 11.6 Å². The van der Waals surface area contributed by atoms with Crippen molar-refractivity contribution in [2.45, 2.75) is 92.8 Å². The number of hydrogen-bond acceptors (Lipinski definition) is 12. The monoisotopic (exact) mass is 790 g/mol. The predicted octanol–water partition coefficient (Wildman–Crippen LogP) is 9.78. The summed E-state index contributed by atoms with van der Waals surface area (Å²) >= 11 is 6.04. The van der Waals surface area contributed by atoms with Crippen LogP contribution in [-0.4, -0.2) is 53.5 Å². The molecule has 0 spiro atoms. The van der Waals surface area contributed by atoms with Gasteiger partial charge in [-0.3, -0.25) is 0 Å². The Bertz CT molecular complexity index is 2540. The Morgan fingerprint density at radius 3 is 1.54 bits per heavy atom. The van der Waals surface area contributed by atoms with Crippen molar-refractivity contribution in [3.63, 3.8) is 0 Å². The van der Waals surface area contributed by atoms with Crippen molar-refractivity contribution in [3.05, 3.63) is 93.5 Å². The number of hydrogen-bond donors (Lipinski definition) is 0. The van der Waals surface area contributed by atoms with Crippen LogP contribution in [0.3, 0.4) is 0 Å². The number of carbonyl (C=O) groups is 2. The van der Waals surface area contributed by atoms with Gasteiger partial charge in [-0.25, -0.2) is 9.59 Å². The predicted molar refractivity (Wildman–Crippen MR) is 214 cm³/mol. The van der Waals surface area contributed by atoms with Gasteiger partial charge in [0, 0.05) is 5.02 Å². The Balaban J connectivity index is 0.000000218. The topological polar surface area (TPSA) is 180 Å². The highest BCUT2D eigenvalue weighted by atomic mass is 35.5. The van der Waals surface area contributed by atoms with Crippen molar-refractivity contribution in [1.82, 2.24) is 30.0 Å². The fourth-order valence-corrected chi connectivity index (χ4v) is 5.38. The molecule has 57 heavy (non-hydrogen) atoms. The van der Waals surface area contributed by atoms with Crippen LogP contribution in [0.1, 0.15) is 90.1 Å². The van der Waals surface area contributed by atoms with E-state index in [0.29, 0.717) is 44.2 Å². The number of carbonyl (C=O) groups excluding carboxylic acids is 2. The molecule has 0 fully saturated rings. The largest absolute Gasteiger partial charge is 0.514 e. The quantitative estimate of drug-likeness (QED) is 0.122. The summed E-state index contributed by atoms with van der Waals surface area (Å²) in [5, 5.41) is 36.7. The minimum Gasteiger partial charge on any atom is -0.428 e. The van der Waals surface area contributed by atoms with Crippen molar-refractivity contribution in [2.75, 3.05) is 0 Å². The Morgan fingerprint density at radius 1 is 0.596 bits per heavy atom. The van der Waals surface area contributed by atoms with Gasteiger partial charge < -0.3 is 18.9 Å². The molecule has 0 saturated carbocycles. The molecule has 4 aromatic carbocycles. The molecule has 0 aliphatic heterocycles. The summed E-state index contributed by atoms with van der Waals surface area (Å²) in [6.07, 6.45) is -1.61. The Labute approximate surface area is 335 Å². The highest BCUT2D eigenvalue weighted by Gasteiger charge is 2.24.